The molecule has 142 valence electrons. The lowest BCUT2D eigenvalue weighted by molar-refractivity contribution is -0.128. The summed E-state index contributed by atoms with van der Waals surface area (Å²) in [5.74, 6) is 0. The van der Waals surface area contributed by atoms with E-state index in [1.54, 1.807) is 6.07 Å². The summed E-state index contributed by atoms with van der Waals surface area (Å²) in [5.41, 5.74) is -0.648. The van der Waals surface area contributed by atoms with Crippen LogP contribution in [0.15, 0.2) is 42.7 Å². The Balaban J connectivity index is 2.07. The van der Waals surface area contributed by atoms with E-state index in [9.17, 15) is 23.5 Å². The Hall–Kier alpha value is -2.43. The molecule has 0 bridgehead atoms. The van der Waals surface area contributed by atoms with Crippen LogP contribution in [0.2, 0.25) is 0 Å². The molecule has 1 aromatic heterocycles. The van der Waals surface area contributed by atoms with E-state index in [-0.39, 0.29) is 5.56 Å². The molecule has 1 saturated heterocycles. The molecule has 0 spiro atoms. The molecule has 1 atom stereocenters. The van der Waals surface area contributed by atoms with Gasteiger partial charge < -0.3 is 10.0 Å². The number of likely N-dealkylation sites (tertiary alicyclic amines) is 1. The van der Waals surface area contributed by atoms with Gasteiger partial charge in [-0.1, -0.05) is 31.2 Å². The number of benzene rings is 1. The number of aliphatic hydroxyl groups is 1. The number of hydrogen-bond donors (Lipinski definition) is 1. The summed E-state index contributed by atoms with van der Waals surface area (Å²) in [6, 6.07) is 9.44. The van der Waals surface area contributed by atoms with Crippen LogP contribution >= 0.6 is 0 Å². The molecule has 2 heterocycles. The van der Waals surface area contributed by atoms with Crippen LogP contribution in [-0.4, -0.2) is 41.3 Å². The fourth-order valence-corrected chi connectivity index (χ4v) is 4.03. The Morgan fingerprint density at radius 2 is 1.81 bits per heavy atom. The van der Waals surface area contributed by atoms with Gasteiger partial charge in [0.25, 0.3) is 0 Å². The third kappa shape index (κ3) is 3.55. The van der Waals surface area contributed by atoms with Crippen molar-refractivity contribution < 1.29 is 18.3 Å². The molecule has 1 N–H and O–H groups in total. The van der Waals surface area contributed by atoms with Gasteiger partial charge in [0, 0.05) is 36.5 Å². The monoisotopic (exact) mass is 375 g/mol. The van der Waals surface area contributed by atoms with Gasteiger partial charge in [-0.3, -0.25) is 4.98 Å². The molecule has 1 fully saturated rings. The highest BCUT2D eigenvalue weighted by molar-refractivity contribution is 5.43. The maximum atomic E-state index is 12.6. The van der Waals surface area contributed by atoms with E-state index < -0.39 is 23.6 Å². The standard InChI is InChI=1S/C20H20F3N3O/c1-18(12-26(2)13-18)20(27,17-7-15(9-24)10-25-11-17)16-5-3-14(4-6-16)8-19(21,22)23/h3-7,10-11,27H,8,12-13H2,1-2H3/t20-/m0/s1. The Morgan fingerprint density at radius 1 is 1.19 bits per heavy atom. The van der Waals surface area contributed by atoms with Gasteiger partial charge in [0.15, 0.2) is 0 Å². The van der Waals surface area contributed by atoms with Crippen molar-refractivity contribution in [3.8, 4) is 6.07 Å². The molecule has 0 saturated carbocycles. The van der Waals surface area contributed by atoms with E-state index >= 15 is 0 Å². The molecular formula is C20H20F3N3O. The molecule has 0 radical (unpaired) electrons. The third-order valence-electron chi connectivity index (χ3n) is 5.17. The van der Waals surface area contributed by atoms with Crippen LogP contribution in [0.1, 0.15) is 29.2 Å². The average Bonchev–Trinajstić information content (AvgIpc) is 2.59. The number of rotatable bonds is 4. The summed E-state index contributed by atoms with van der Waals surface area (Å²) in [4.78, 5) is 6.11. The van der Waals surface area contributed by atoms with Crippen molar-refractivity contribution in [1.82, 2.24) is 9.88 Å². The molecule has 0 unspecified atom stereocenters. The van der Waals surface area contributed by atoms with Crippen LogP contribution in [0, 0.1) is 16.7 Å². The summed E-state index contributed by atoms with van der Waals surface area (Å²) in [6.45, 7) is 3.13. The zero-order valence-corrected chi connectivity index (χ0v) is 15.1. The highest BCUT2D eigenvalue weighted by Crippen LogP contribution is 2.50. The zero-order valence-electron chi connectivity index (χ0n) is 15.1. The maximum Gasteiger partial charge on any atom is 0.393 e. The molecule has 2 aromatic rings. The van der Waals surface area contributed by atoms with Gasteiger partial charge in [0.05, 0.1) is 12.0 Å². The molecule has 0 amide bonds. The van der Waals surface area contributed by atoms with Crippen molar-refractivity contribution in [2.75, 3.05) is 20.1 Å². The molecule has 7 heteroatoms. The summed E-state index contributed by atoms with van der Waals surface area (Å²) in [5, 5.41) is 21.0. The number of halogens is 3. The van der Waals surface area contributed by atoms with Crippen LogP contribution in [0.5, 0.6) is 0 Å². The molecule has 1 aliphatic heterocycles. The Labute approximate surface area is 155 Å². The number of pyridine rings is 1. The molecule has 1 aromatic carbocycles. The summed E-state index contributed by atoms with van der Waals surface area (Å²) in [6.07, 6.45) is -2.39. The molecular weight excluding hydrogens is 355 g/mol. The van der Waals surface area contributed by atoms with Gasteiger partial charge in [0.1, 0.15) is 11.7 Å². The fourth-order valence-electron chi connectivity index (χ4n) is 4.03. The lowest BCUT2D eigenvalue weighted by atomic mass is 9.62. The van der Waals surface area contributed by atoms with Crippen molar-refractivity contribution in [1.29, 1.82) is 5.26 Å². The van der Waals surface area contributed by atoms with Crippen LogP contribution in [-0.2, 0) is 12.0 Å². The minimum absolute atomic E-state index is 0.133. The SMILES string of the molecule is CN1CC(C)([C@](O)(c2ccc(CC(F)(F)F)cc2)c2cncc(C#N)c2)C1. The second kappa shape index (κ2) is 6.63. The predicted octanol–water partition coefficient (Wildman–Crippen LogP) is 3.25. The maximum absolute atomic E-state index is 12.6. The van der Waals surface area contributed by atoms with E-state index in [0.717, 1.165) is 0 Å². The first-order valence-electron chi connectivity index (χ1n) is 8.50. The number of alkyl halides is 3. The van der Waals surface area contributed by atoms with Gasteiger partial charge in [-0.25, -0.2) is 0 Å². The largest absolute Gasteiger partial charge is 0.393 e. The first kappa shape index (κ1) is 19.3. The first-order chi connectivity index (χ1) is 12.6. The van der Waals surface area contributed by atoms with Crippen molar-refractivity contribution >= 4 is 0 Å². The quantitative estimate of drug-likeness (QED) is 0.891. The number of hydrogen-bond acceptors (Lipinski definition) is 4. The highest BCUT2D eigenvalue weighted by atomic mass is 19.4. The van der Waals surface area contributed by atoms with Gasteiger partial charge in [-0.05, 0) is 24.2 Å². The molecule has 0 aliphatic carbocycles. The predicted molar refractivity (Wildman–Crippen MR) is 93.8 cm³/mol. The van der Waals surface area contributed by atoms with Crippen LogP contribution < -0.4 is 0 Å². The third-order valence-corrected chi connectivity index (χ3v) is 5.17. The van der Waals surface area contributed by atoms with E-state index in [2.05, 4.69) is 4.98 Å². The minimum atomic E-state index is -4.29. The summed E-state index contributed by atoms with van der Waals surface area (Å²) in [7, 11) is 1.93. The van der Waals surface area contributed by atoms with E-state index in [1.807, 2.05) is 24.9 Å². The van der Waals surface area contributed by atoms with E-state index in [0.29, 0.717) is 29.8 Å². The zero-order chi connectivity index (χ0) is 19.9. The van der Waals surface area contributed by atoms with Crippen molar-refractivity contribution in [2.24, 2.45) is 5.41 Å². The summed E-state index contributed by atoms with van der Waals surface area (Å²) >= 11 is 0. The van der Waals surface area contributed by atoms with Gasteiger partial charge in [-0.15, -0.1) is 0 Å². The lowest BCUT2D eigenvalue weighted by Gasteiger charge is -2.55. The van der Waals surface area contributed by atoms with Gasteiger partial charge >= 0.3 is 6.18 Å². The average molecular weight is 375 g/mol. The topological polar surface area (TPSA) is 60.1 Å². The normalized spacial score (nSPS) is 19.0. The van der Waals surface area contributed by atoms with Crippen LogP contribution in [0.3, 0.4) is 0 Å². The van der Waals surface area contributed by atoms with Crippen molar-refractivity contribution in [3.05, 3.63) is 65.0 Å². The fraction of sp³-hybridized carbons (Fsp3) is 0.400. The highest BCUT2D eigenvalue weighted by Gasteiger charge is 2.55. The van der Waals surface area contributed by atoms with E-state index in [1.165, 1.54) is 36.7 Å². The lowest BCUT2D eigenvalue weighted by Crippen LogP contribution is -2.63. The first-order valence-corrected chi connectivity index (χ1v) is 8.50. The van der Waals surface area contributed by atoms with Crippen molar-refractivity contribution in [3.63, 3.8) is 0 Å². The second-order valence-electron chi connectivity index (χ2n) is 7.51. The van der Waals surface area contributed by atoms with Crippen LogP contribution in [0.4, 0.5) is 13.2 Å². The van der Waals surface area contributed by atoms with E-state index in [4.69, 9.17) is 0 Å². The number of nitrogens with zero attached hydrogens (tertiary/aromatic N) is 3. The number of aromatic nitrogens is 1. The molecule has 27 heavy (non-hydrogen) atoms. The van der Waals surface area contributed by atoms with Gasteiger partial charge in [0.2, 0.25) is 0 Å². The second-order valence-corrected chi connectivity index (χ2v) is 7.51. The Morgan fingerprint density at radius 3 is 2.33 bits per heavy atom. The molecule has 4 nitrogen and oxygen atoms in total. The molecule has 3 rings (SSSR count). The Kier molecular flexibility index (Phi) is 4.74. The summed E-state index contributed by atoms with van der Waals surface area (Å²) < 4.78 is 37.9. The van der Waals surface area contributed by atoms with Crippen LogP contribution in [0.25, 0.3) is 0 Å². The minimum Gasteiger partial charge on any atom is -0.380 e. The van der Waals surface area contributed by atoms with Gasteiger partial charge in [-0.2, -0.15) is 18.4 Å². The number of nitriles is 1. The smallest absolute Gasteiger partial charge is 0.380 e. The Bertz CT molecular complexity index is 867. The van der Waals surface area contributed by atoms with Crippen molar-refractivity contribution in [2.45, 2.75) is 25.1 Å². The molecule has 1 aliphatic rings.